The predicted molar refractivity (Wildman–Crippen MR) is 166 cm³/mol. The quantitative estimate of drug-likeness (QED) is 0.392. The fraction of sp³-hybridized carbons (Fsp3) is 0.559. The maximum absolute atomic E-state index is 13.3. The number of piperazine rings is 1. The van der Waals surface area contributed by atoms with E-state index in [0.717, 1.165) is 49.5 Å². The zero-order chi connectivity index (χ0) is 30.7. The number of carbonyl (C=O) groups excluding carboxylic acids is 3. The van der Waals surface area contributed by atoms with Crippen molar-refractivity contribution in [1.82, 2.24) is 14.7 Å². The van der Waals surface area contributed by atoms with Gasteiger partial charge in [-0.15, -0.1) is 0 Å². The number of anilines is 1. The largest absolute Gasteiger partial charge is 0.497 e. The van der Waals surface area contributed by atoms with Crippen LogP contribution in [-0.2, 0) is 22.5 Å². The molecule has 2 aliphatic heterocycles. The van der Waals surface area contributed by atoms with Gasteiger partial charge >= 0.3 is 12.1 Å². The summed E-state index contributed by atoms with van der Waals surface area (Å²) in [6.07, 6.45) is 4.67. The molecule has 1 unspecified atom stereocenters. The molecule has 0 aromatic heterocycles. The summed E-state index contributed by atoms with van der Waals surface area (Å²) in [7, 11) is 1.61. The van der Waals surface area contributed by atoms with Gasteiger partial charge in [0.05, 0.1) is 13.7 Å². The molecule has 2 saturated heterocycles. The van der Waals surface area contributed by atoms with Gasteiger partial charge in [-0.2, -0.15) is 0 Å². The van der Waals surface area contributed by atoms with E-state index in [9.17, 15) is 14.4 Å². The first-order valence-corrected chi connectivity index (χ1v) is 15.6. The van der Waals surface area contributed by atoms with Crippen molar-refractivity contribution in [3.8, 4) is 5.75 Å². The van der Waals surface area contributed by atoms with Crippen molar-refractivity contribution < 1.29 is 23.9 Å². The fourth-order valence-corrected chi connectivity index (χ4v) is 6.36. The smallest absolute Gasteiger partial charge is 0.410 e. The highest BCUT2D eigenvalue weighted by Crippen LogP contribution is 2.36. The molecule has 43 heavy (non-hydrogen) atoms. The Kier molecular flexibility index (Phi) is 9.30. The van der Waals surface area contributed by atoms with Crippen LogP contribution in [0.4, 0.5) is 15.3 Å². The SMILES string of the molecule is COc1ccc(CN2C(=O)CCN(c3ccc(CCC4CC(N5CCN(C(=O)OC(C)(C)C)C(C)C5)C4)cc3)C2=O)cc1. The van der Waals surface area contributed by atoms with Crippen LogP contribution in [0.5, 0.6) is 5.75 Å². The van der Waals surface area contributed by atoms with E-state index in [1.807, 2.05) is 62.1 Å². The lowest BCUT2D eigenvalue weighted by atomic mass is 9.76. The Labute approximate surface area is 255 Å². The van der Waals surface area contributed by atoms with Gasteiger partial charge in [0.25, 0.3) is 0 Å². The maximum atomic E-state index is 13.3. The Bertz CT molecular complexity index is 1280. The van der Waals surface area contributed by atoms with Crippen molar-refractivity contribution in [2.75, 3.05) is 38.2 Å². The minimum absolute atomic E-state index is 0.146. The topological polar surface area (TPSA) is 82.6 Å². The lowest BCUT2D eigenvalue weighted by Crippen LogP contribution is -2.59. The number of nitrogens with zero attached hydrogens (tertiary/aromatic N) is 4. The van der Waals surface area contributed by atoms with E-state index in [-0.39, 0.29) is 30.6 Å². The van der Waals surface area contributed by atoms with Crippen LogP contribution in [0.25, 0.3) is 0 Å². The predicted octanol–water partition coefficient (Wildman–Crippen LogP) is 5.71. The highest BCUT2D eigenvalue weighted by molar-refractivity contribution is 6.05. The van der Waals surface area contributed by atoms with E-state index in [0.29, 0.717) is 24.9 Å². The van der Waals surface area contributed by atoms with Crippen LogP contribution < -0.4 is 9.64 Å². The number of amides is 4. The van der Waals surface area contributed by atoms with E-state index in [1.54, 1.807) is 12.0 Å². The number of methoxy groups -OCH3 is 1. The standard InChI is InChI=1S/C34H46N4O5/c1-24-22-35(18-19-36(24)33(41)43-34(2,3)4)29-20-27(21-29)7-6-25-8-12-28(13-9-25)37-17-16-31(39)38(32(37)40)23-26-10-14-30(42-5)15-11-26/h8-15,24,27,29H,6-7,16-23H2,1-5H3. The molecular formula is C34H46N4O5. The van der Waals surface area contributed by atoms with Gasteiger partial charge in [0, 0.05) is 50.4 Å². The molecule has 9 nitrogen and oxygen atoms in total. The van der Waals surface area contributed by atoms with Crippen LogP contribution >= 0.6 is 0 Å². The Balaban J connectivity index is 1.07. The zero-order valence-corrected chi connectivity index (χ0v) is 26.3. The molecule has 0 N–H and O–H groups in total. The van der Waals surface area contributed by atoms with Crippen LogP contribution in [0.15, 0.2) is 48.5 Å². The maximum Gasteiger partial charge on any atom is 0.410 e. The molecule has 5 rings (SSSR count). The van der Waals surface area contributed by atoms with Gasteiger partial charge in [0.2, 0.25) is 5.91 Å². The van der Waals surface area contributed by atoms with E-state index in [1.165, 1.54) is 23.3 Å². The number of carbonyl (C=O) groups is 3. The fourth-order valence-electron chi connectivity index (χ4n) is 6.36. The first kappa shape index (κ1) is 30.9. The van der Waals surface area contributed by atoms with Gasteiger partial charge in [0.1, 0.15) is 11.4 Å². The third-order valence-corrected chi connectivity index (χ3v) is 8.92. The van der Waals surface area contributed by atoms with Crippen molar-refractivity contribution in [2.24, 2.45) is 5.92 Å². The number of hydrogen-bond donors (Lipinski definition) is 0. The zero-order valence-electron chi connectivity index (χ0n) is 26.3. The van der Waals surface area contributed by atoms with Crippen LogP contribution in [0.2, 0.25) is 0 Å². The average molecular weight is 591 g/mol. The number of benzene rings is 2. The molecule has 1 atom stereocenters. The molecule has 0 spiro atoms. The van der Waals surface area contributed by atoms with Crippen molar-refractivity contribution in [3.63, 3.8) is 0 Å². The number of rotatable bonds is 8. The number of aryl methyl sites for hydroxylation is 1. The number of hydrogen-bond acceptors (Lipinski definition) is 6. The normalized spacial score (nSPS) is 23.3. The van der Waals surface area contributed by atoms with E-state index >= 15 is 0 Å². The first-order chi connectivity index (χ1) is 20.5. The average Bonchev–Trinajstić information content (AvgIpc) is 2.94. The molecule has 1 saturated carbocycles. The highest BCUT2D eigenvalue weighted by Gasteiger charge is 2.38. The third kappa shape index (κ3) is 7.50. The summed E-state index contributed by atoms with van der Waals surface area (Å²) in [5.41, 5.74) is 2.50. The molecule has 2 heterocycles. The lowest BCUT2D eigenvalue weighted by Gasteiger charge is -2.48. The number of ether oxygens (including phenoxy) is 2. The minimum Gasteiger partial charge on any atom is -0.497 e. The van der Waals surface area contributed by atoms with Crippen LogP contribution in [0.1, 0.15) is 64.5 Å². The molecule has 2 aromatic rings. The van der Waals surface area contributed by atoms with E-state index < -0.39 is 5.60 Å². The summed E-state index contributed by atoms with van der Waals surface area (Å²) in [4.78, 5) is 45.9. The van der Waals surface area contributed by atoms with E-state index in [2.05, 4.69) is 24.0 Å². The van der Waals surface area contributed by atoms with Gasteiger partial charge in [-0.1, -0.05) is 24.3 Å². The van der Waals surface area contributed by atoms with Crippen LogP contribution in [0, 0.1) is 5.92 Å². The molecular weight excluding hydrogens is 544 g/mol. The van der Waals surface area contributed by atoms with Gasteiger partial charge in [-0.3, -0.25) is 19.5 Å². The molecule has 3 fully saturated rings. The van der Waals surface area contributed by atoms with Gasteiger partial charge in [0.15, 0.2) is 0 Å². The van der Waals surface area contributed by atoms with Crippen molar-refractivity contribution in [1.29, 1.82) is 0 Å². The molecule has 2 aromatic carbocycles. The Morgan fingerprint density at radius 2 is 1.60 bits per heavy atom. The Morgan fingerprint density at radius 3 is 2.23 bits per heavy atom. The molecule has 9 heteroatoms. The van der Waals surface area contributed by atoms with Gasteiger partial charge in [-0.05, 0) is 94.7 Å². The molecule has 1 aliphatic carbocycles. The van der Waals surface area contributed by atoms with Crippen molar-refractivity contribution in [3.05, 3.63) is 59.7 Å². The van der Waals surface area contributed by atoms with Gasteiger partial charge in [-0.25, -0.2) is 9.59 Å². The summed E-state index contributed by atoms with van der Waals surface area (Å²) in [5.74, 6) is 1.31. The molecule has 3 aliphatic rings. The second kappa shape index (κ2) is 13.0. The summed E-state index contributed by atoms with van der Waals surface area (Å²) < 4.78 is 10.8. The summed E-state index contributed by atoms with van der Waals surface area (Å²) in [6.45, 7) is 11.0. The number of imide groups is 1. The summed E-state index contributed by atoms with van der Waals surface area (Å²) >= 11 is 0. The highest BCUT2D eigenvalue weighted by atomic mass is 16.6. The second-order valence-corrected chi connectivity index (χ2v) is 13.2. The number of urea groups is 1. The van der Waals surface area contributed by atoms with Gasteiger partial charge < -0.3 is 14.4 Å². The molecule has 4 amide bonds. The monoisotopic (exact) mass is 590 g/mol. The van der Waals surface area contributed by atoms with E-state index in [4.69, 9.17) is 9.47 Å². The van der Waals surface area contributed by atoms with Crippen LogP contribution in [-0.4, -0.2) is 83.7 Å². The second-order valence-electron chi connectivity index (χ2n) is 13.2. The molecule has 0 bridgehead atoms. The molecule has 0 radical (unpaired) electrons. The summed E-state index contributed by atoms with van der Waals surface area (Å²) in [5, 5.41) is 0. The van der Waals surface area contributed by atoms with Crippen LogP contribution in [0.3, 0.4) is 0 Å². The Hall–Kier alpha value is -3.59. The summed E-state index contributed by atoms with van der Waals surface area (Å²) in [6, 6.07) is 16.1. The lowest BCUT2D eigenvalue weighted by molar-refractivity contribution is -0.129. The van der Waals surface area contributed by atoms with Crippen molar-refractivity contribution in [2.45, 2.75) is 84.0 Å². The Morgan fingerprint density at radius 1 is 0.930 bits per heavy atom. The third-order valence-electron chi connectivity index (χ3n) is 8.92. The minimum atomic E-state index is -0.472. The van der Waals surface area contributed by atoms with Crippen molar-refractivity contribution >= 4 is 23.7 Å². The first-order valence-electron chi connectivity index (χ1n) is 15.6. The molecule has 232 valence electrons.